The van der Waals surface area contributed by atoms with Crippen LogP contribution in [0.1, 0.15) is 18.9 Å². The van der Waals surface area contributed by atoms with Gasteiger partial charge in [0, 0.05) is 12.2 Å². The van der Waals surface area contributed by atoms with Gasteiger partial charge < -0.3 is 5.32 Å². The van der Waals surface area contributed by atoms with Gasteiger partial charge in [-0.15, -0.1) is 5.10 Å². The molecular weight excluding hydrogens is 345 g/mol. The van der Waals surface area contributed by atoms with Crippen LogP contribution in [0.2, 0.25) is 0 Å². The molecular formula is C14H15F3N4O2S. The first kappa shape index (κ1) is 18.1. The van der Waals surface area contributed by atoms with E-state index in [-0.39, 0.29) is 17.1 Å². The molecule has 0 saturated heterocycles. The predicted molar refractivity (Wildman–Crippen MR) is 83.9 cm³/mol. The molecule has 2 aromatic rings. The standard InChI is InChI=1S/C14H15F3N4O2S/c1-2-6-21-12(23)19-20-13(21)24-8-11(22)18-10-5-3-4-9(7-10)14(15,16)17/h3-5,7H,2,6,8H2,1H3,(H,18,22)(H,19,23). The van der Waals surface area contributed by atoms with E-state index in [2.05, 4.69) is 15.5 Å². The van der Waals surface area contributed by atoms with E-state index in [0.29, 0.717) is 11.7 Å². The number of nitrogens with zero attached hydrogens (tertiary/aromatic N) is 2. The predicted octanol–water partition coefficient (Wildman–Crippen LogP) is 2.73. The summed E-state index contributed by atoms with van der Waals surface area (Å²) in [5.74, 6) is -0.567. The number of H-pyrrole nitrogens is 1. The van der Waals surface area contributed by atoms with Crippen molar-refractivity contribution in [3.63, 3.8) is 0 Å². The molecule has 0 aliphatic heterocycles. The van der Waals surface area contributed by atoms with Crippen LogP contribution in [0.3, 0.4) is 0 Å². The Morgan fingerprint density at radius 3 is 2.83 bits per heavy atom. The fourth-order valence-corrected chi connectivity index (χ4v) is 2.71. The van der Waals surface area contributed by atoms with Gasteiger partial charge in [0.15, 0.2) is 5.16 Å². The fraction of sp³-hybridized carbons (Fsp3) is 0.357. The lowest BCUT2D eigenvalue weighted by Crippen LogP contribution is -2.18. The van der Waals surface area contributed by atoms with Crippen LogP contribution >= 0.6 is 11.8 Å². The van der Waals surface area contributed by atoms with Crippen molar-refractivity contribution in [2.24, 2.45) is 0 Å². The number of carbonyl (C=O) groups is 1. The topological polar surface area (TPSA) is 79.8 Å². The molecule has 2 rings (SSSR count). The largest absolute Gasteiger partial charge is 0.416 e. The summed E-state index contributed by atoms with van der Waals surface area (Å²) in [6.07, 6.45) is -3.75. The molecule has 0 saturated carbocycles. The second-order valence-electron chi connectivity index (χ2n) is 4.88. The molecule has 0 unspecified atom stereocenters. The average Bonchev–Trinajstić information content (AvgIpc) is 2.86. The Bertz CT molecular complexity index is 770. The molecule has 6 nitrogen and oxygen atoms in total. The summed E-state index contributed by atoms with van der Waals surface area (Å²) in [7, 11) is 0. The molecule has 1 aromatic carbocycles. The van der Waals surface area contributed by atoms with E-state index in [1.165, 1.54) is 16.7 Å². The van der Waals surface area contributed by atoms with Gasteiger partial charge >= 0.3 is 11.9 Å². The molecule has 24 heavy (non-hydrogen) atoms. The van der Waals surface area contributed by atoms with Crippen molar-refractivity contribution in [2.45, 2.75) is 31.2 Å². The van der Waals surface area contributed by atoms with E-state index < -0.39 is 17.6 Å². The Morgan fingerprint density at radius 2 is 2.17 bits per heavy atom. The van der Waals surface area contributed by atoms with Crippen LogP contribution in [0.15, 0.2) is 34.2 Å². The molecule has 130 valence electrons. The number of benzene rings is 1. The SMILES string of the molecule is CCCn1c(SCC(=O)Nc2cccc(C(F)(F)F)c2)n[nH]c1=O. The van der Waals surface area contributed by atoms with E-state index in [1.54, 1.807) is 0 Å². The molecule has 0 fully saturated rings. The zero-order valence-electron chi connectivity index (χ0n) is 12.7. The third kappa shape index (κ3) is 4.63. The normalized spacial score (nSPS) is 11.5. The van der Waals surface area contributed by atoms with Crippen molar-refractivity contribution in [3.8, 4) is 0 Å². The number of alkyl halides is 3. The monoisotopic (exact) mass is 360 g/mol. The lowest BCUT2D eigenvalue weighted by atomic mass is 10.2. The molecule has 0 atom stereocenters. The van der Waals surface area contributed by atoms with Crippen molar-refractivity contribution in [3.05, 3.63) is 40.3 Å². The van der Waals surface area contributed by atoms with Crippen LogP contribution in [-0.2, 0) is 17.5 Å². The molecule has 0 spiro atoms. The maximum absolute atomic E-state index is 12.6. The summed E-state index contributed by atoms with van der Waals surface area (Å²) in [6.45, 7) is 2.36. The van der Waals surface area contributed by atoms with Gasteiger partial charge in [-0.1, -0.05) is 24.8 Å². The minimum Gasteiger partial charge on any atom is -0.325 e. The lowest BCUT2D eigenvalue weighted by molar-refractivity contribution is -0.137. The van der Waals surface area contributed by atoms with Gasteiger partial charge in [0.25, 0.3) is 0 Å². The first-order valence-corrected chi connectivity index (χ1v) is 8.05. The average molecular weight is 360 g/mol. The van der Waals surface area contributed by atoms with Gasteiger partial charge in [0.2, 0.25) is 5.91 Å². The molecule has 2 N–H and O–H groups in total. The highest BCUT2D eigenvalue weighted by Gasteiger charge is 2.30. The molecule has 0 aliphatic rings. The van der Waals surface area contributed by atoms with Crippen LogP contribution in [0.25, 0.3) is 0 Å². The van der Waals surface area contributed by atoms with Gasteiger partial charge in [-0.25, -0.2) is 9.89 Å². The number of thioether (sulfide) groups is 1. The summed E-state index contributed by atoms with van der Waals surface area (Å²) in [6, 6.07) is 4.39. The van der Waals surface area contributed by atoms with Crippen molar-refractivity contribution >= 4 is 23.4 Å². The van der Waals surface area contributed by atoms with Gasteiger partial charge in [0.1, 0.15) is 0 Å². The first-order valence-electron chi connectivity index (χ1n) is 7.06. The Kier molecular flexibility index (Phi) is 5.71. The third-order valence-corrected chi connectivity index (χ3v) is 3.95. The van der Waals surface area contributed by atoms with Gasteiger partial charge in [-0.05, 0) is 24.6 Å². The van der Waals surface area contributed by atoms with E-state index in [0.717, 1.165) is 30.3 Å². The number of hydrogen-bond acceptors (Lipinski definition) is 4. The van der Waals surface area contributed by atoms with Crippen LogP contribution in [0.4, 0.5) is 18.9 Å². The quantitative estimate of drug-likeness (QED) is 0.777. The minimum absolute atomic E-state index is 0.0587. The molecule has 1 heterocycles. The Labute approximate surface area is 139 Å². The summed E-state index contributed by atoms with van der Waals surface area (Å²) in [4.78, 5) is 23.4. The molecule has 1 aromatic heterocycles. The van der Waals surface area contributed by atoms with E-state index in [4.69, 9.17) is 0 Å². The highest BCUT2D eigenvalue weighted by Crippen LogP contribution is 2.30. The zero-order valence-corrected chi connectivity index (χ0v) is 13.5. The summed E-state index contributed by atoms with van der Waals surface area (Å²) in [5.41, 5.74) is -1.14. The van der Waals surface area contributed by atoms with E-state index >= 15 is 0 Å². The van der Waals surface area contributed by atoms with Crippen molar-refractivity contribution < 1.29 is 18.0 Å². The Morgan fingerprint density at radius 1 is 1.42 bits per heavy atom. The zero-order chi connectivity index (χ0) is 17.7. The summed E-state index contributed by atoms with van der Waals surface area (Å²) < 4.78 is 39.3. The number of rotatable bonds is 6. The molecule has 1 amide bonds. The van der Waals surface area contributed by atoms with Crippen LogP contribution < -0.4 is 11.0 Å². The number of anilines is 1. The van der Waals surface area contributed by atoms with Gasteiger partial charge in [-0.3, -0.25) is 9.36 Å². The summed E-state index contributed by atoms with van der Waals surface area (Å²) in [5, 5.41) is 8.88. The Balaban J connectivity index is 1.98. The first-order chi connectivity index (χ1) is 11.3. The number of halogens is 3. The second kappa shape index (κ2) is 7.56. The minimum atomic E-state index is -4.47. The number of nitrogens with one attached hydrogen (secondary N) is 2. The summed E-state index contributed by atoms with van der Waals surface area (Å²) >= 11 is 1.03. The number of amides is 1. The van der Waals surface area contributed by atoms with E-state index in [9.17, 15) is 22.8 Å². The second-order valence-corrected chi connectivity index (χ2v) is 5.82. The Hall–Kier alpha value is -2.23. The number of aromatic nitrogens is 3. The van der Waals surface area contributed by atoms with Crippen LogP contribution in [0.5, 0.6) is 0 Å². The fourth-order valence-electron chi connectivity index (χ4n) is 1.93. The number of aromatic amines is 1. The lowest BCUT2D eigenvalue weighted by Gasteiger charge is -2.09. The maximum Gasteiger partial charge on any atom is 0.416 e. The van der Waals surface area contributed by atoms with Crippen molar-refractivity contribution in [2.75, 3.05) is 11.1 Å². The van der Waals surface area contributed by atoms with Crippen molar-refractivity contribution in [1.29, 1.82) is 0 Å². The van der Waals surface area contributed by atoms with Gasteiger partial charge in [-0.2, -0.15) is 13.2 Å². The molecule has 0 bridgehead atoms. The van der Waals surface area contributed by atoms with Crippen molar-refractivity contribution in [1.82, 2.24) is 14.8 Å². The highest BCUT2D eigenvalue weighted by atomic mass is 32.2. The number of carbonyl (C=O) groups excluding carboxylic acids is 1. The molecule has 0 radical (unpaired) electrons. The smallest absolute Gasteiger partial charge is 0.325 e. The maximum atomic E-state index is 12.6. The molecule has 0 aliphatic carbocycles. The van der Waals surface area contributed by atoms with Gasteiger partial charge in [0.05, 0.1) is 11.3 Å². The highest BCUT2D eigenvalue weighted by molar-refractivity contribution is 7.99. The molecule has 10 heteroatoms. The number of hydrogen-bond donors (Lipinski definition) is 2. The van der Waals surface area contributed by atoms with Crippen LogP contribution in [0, 0.1) is 0 Å². The third-order valence-electron chi connectivity index (χ3n) is 2.98. The van der Waals surface area contributed by atoms with Crippen LogP contribution in [-0.4, -0.2) is 26.4 Å². The van der Waals surface area contributed by atoms with E-state index in [1.807, 2.05) is 6.92 Å².